The maximum atomic E-state index is 12.7. The molecule has 0 fully saturated rings. The van der Waals surface area contributed by atoms with Gasteiger partial charge < -0.3 is 0 Å². The van der Waals surface area contributed by atoms with Crippen LogP contribution in [0.1, 0.15) is 0 Å². The summed E-state index contributed by atoms with van der Waals surface area (Å²) in [6, 6.07) is 12.9. The van der Waals surface area contributed by atoms with Crippen LogP contribution in [-0.2, 0) is 19.8 Å². The molecule has 2 aromatic carbocycles. The lowest BCUT2D eigenvalue weighted by Crippen LogP contribution is -2.05. The number of hydrogen-bond donors (Lipinski definition) is 0. The first-order valence-corrected chi connectivity index (χ1v) is 10.2. The highest BCUT2D eigenvalue weighted by atomic mass is 32.3. The summed E-state index contributed by atoms with van der Waals surface area (Å²) in [6.07, 6.45) is 1.30. The molecule has 0 aliphatic heterocycles. The van der Waals surface area contributed by atoms with E-state index in [0.29, 0.717) is 10.4 Å². The van der Waals surface area contributed by atoms with Gasteiger partial charge in [0.2, 0.25) is 0 Å². The van der Waals surface area contributed by atoms with Crippen molar-refractivity contribution in [2.45, 2.75) is 9.79 Å². The summed E-state index contributed by atoms with van der Waals surface area (Å²) < 4.78 is 49.4. The van der Waals surface area contributed by atoms with Crippen LogP contribution in [0.5, 0.6) is 0 Å². The molecule has 1 atom stereocenters. The van der Waals surface area contributed by atoms with Crippen molar-refractivity contribution < 1.29 is 12.6 Å². The fraction of sp³-hybridized carbons (Fsp3) is 0.0769. The van der Waals surface area contributed by atoms with E-state index in [4.69, 9.17) is 0 Å². The lowest BCUT2D eigenvalue weighted by molar-refractivity contribution is 0.598. The van der Waals surface area contributed by atoms with Crippen LogP contribution in [-0.4, -0.2) is 27.6 Å². The Morgan fingerprint density at radius 2 is 1.68 bits per heavy atom. The molecule has 0 N–H and O–H groups in total. The number of hydrogen-bond acceptors (Lipinski definition) is 6. The third-order valence-corrected chi connectivity index (χ3v) is 7.45. The monoisotopic (exact) mass is 353 g/mol. The number of fused-ring (bicyclic) bond motifs is 1. The Labute approximate surface area is 132 Å². The molecular weight excluding hydrogens is 342 g/mol. The van der Waals surface area contributed by atoms with E-state index >= 15 is 0 Å². The maximum absolute atomic E-state index is 12.7. The van der Waals surface area contributed by atoms with Gasteiger partial charge in [0.15, 0.2) is 0 Å². The molecule has 3 aromatic rings. The second-order valence-corrected chi connectivity index (χ2v) is 9.14. The van der Waals surface area contributed by atoms with Crippen LogP contribution in [0.3, 0.4) is 0 Å². The highest BCUT2D eigenvalue weighted by Gasteiger charge is 2.21. The summed E-state index contributed by atoms with van der Waals surface area (Å²) in [6.45, 7) is 0. The van der Waals surface area contributed by atoms with Crippen LogP contribution in [0.25, 0.3) is 11.0 Å². The molecule has 0 bridgehead atoms. The van der Waals surface area contributed by atoms with Crippen LogP contribution in [0.4, 0.5) is 0 Å². The standard InChI is InChI=1S/C13H11N3O3S3/c1-21(17,10-6-3-2-4-7-10)16-22(18,19)12-9-5-8-11-13(12)15-20-14-11/h2-9H,1H3/t21-/m0/s1. The van der Waals surface area contributed by atoms with E-state index in [0.717, 1.165) is 11.7 Å². The number of rotatable bonds is 3. The van der Waals surface area contributed by atoms with E-state index in [2.05, 4.69) is 12.5 Å². The molecule has 114 valence electrons. The van der Waals surface area contributed by atoms with Gasteiger partial charge in [0.05, 0.1) is 21.5 Å². The van der Waals surface area contributed by atoms with Gasteiger partial charge in [-0.05, 0) is 24.3 Å². The second kappa shape index (κ2) is 5.41. The molecule has 3 rings (SSSR count). The van der Waals surface area contributed by atoms with Crippen LogP contribution >= 0.6 is 11.7 Å². The Kier molecular flexibility index (Phi) is 3.71. The predicted molar refractivity (Wildman–Crippen MR) is 85.8 cm³/mol. The average molecular weight is 353 g/mol. The molecule has 0 spiro atoms. The van der Waals surface area contributed by atoms with Crippen molar-refractivity contribution in [3.63, 3.8) is 0 Å². The number of nitrogens with zero attached hydrogens (tertiary/aromatic N) is 3. The number of aromatic nitrogens is 2. The van der Waals surface area contributed by atoms with E-state index in [9.17, 15) is 12.6 Å². The van der Waals surface area contributed by atoms with Gasteiger partial charge in [-0.2, -0.15) is 17.2 Å². The first-order chi connectivity index (χ1) is 10.4. The van der Waals surface area contributed by atoms with Gasteiger partial charge in [-0.1, -0.05) is 24.3 Å². The molecule has 22 heavy (non-hydrogen) atoms. The molecule has 1 heterocycles. The molecule has 1 aromatic heterocycles. The van der Waals surface area contributed by atoms with Gasteiger partial charge in [0.1, 0.15) is 15.9 Å². The van der Waals surface area contributed by atoms with E-state index in [1.54, 1.807) is 42.5 Å². The van der Waals surface area contributed by atoms with Crippen LogP contribution in [0.2, 0.25) is 0 Å². The molecule has 6 nitrogen and oxygen atoms in total. The minimum atomic E-state index is -4.11. The van der Waals surface area contributed by atoms with Gasteiger partial charge in [-0.25, -0.2) is 4.21 Å². The fourth-order valence-electron chi connectivity index (χ4n) is 1.93. The summed E-state index contributed by atoms with van der Waals surface area (Å²) in [5.74, 6) is 0. The minimum absolute atomic E-state index is 0.0794. The Hall–Kier alpha value is -1.84. The zero-order valence-corrected chi connectivity index (χ0v) is 13.9. The van der Waals surface area contributed by atoms with E-state index < -0.39 is 19.8 Å². The normalized spacial score (nSPS) is 14.6. The Bertz CT molecular complexity index is 1050. The molecular formula is C13H11N3O3S3. The van der Waals surface area contributed by atoms with E-state index in [1.807, 2.05) is 0 Å². The molecule has 0 aliphatic rings. The van der Waals surface area contributed by atoms with Crippen molar-refractivity contribution in [3.8, 4) is 0 Å². The first-order valence-electron chi connectivity index (χ1n) is 6.15. The number of sulfonamides is 1. The van der Waals surface area contributed by atoms with Crippen LogP contribution in [0, 0.1) is 0 Å². The summed E-state index contributed by atoms with van der Waals surface area (Å²) in [5.41, 5.74) is 0.725. The van der Waals surface area contributed by atoms with Gasteiger partial charge in [0.25, 0.3) is 10.0 Å². The SMILES string of the molecule is C[S@@](=O)(=NS(=O)(=O)c1cccc2nsnc12)c1ccccc1. The Morgan fingerprint density at radius 1 is 0.955 bits per heavy atom. The predicted octanol–water partition coefficient (Wildman–Crippen LogP) is 2.54. The summed E-state index contributed by atoms with van der Waals surface area (Å²) in [5, 5.41) is 0. The van der Waals surface area contributed by atoms with Crippen molar-refractivity contribution in [1.82, 2.24) is 8.75 Å². The van der Waals surface area contributed by atoms with Gasteiger partial charge in [-0.3, -0.25) is 0 Å². The van der Waals surface area contributed by atoms with Crippen molar-refractivity contribution in [1.29, 1.82) is 0 Å². The van der Waals surface area contributed by atoms with Crippen molar-refractivity contribution in [2.24, 2.45) is 3.77 Å². The molecule has 0 saturated heterocycles. The van der Waals surface area contributed by atoms with E-state index in [-0.39, 0.29) is 10.4 Å². The first kappa shape index (κ1) is 15.1. The molecule has 9 heteroatoms. The van der Waals surface area contributed by atoms with Gasteiger partial charge in [0, 0.05) is 11.2 Å². The smallest absolute Gasteiger partial charge is 0.244 e. The molecule has 0 unspecified atom stereocenters. The second-order valence-electron chi connectivity index (χ2n) is 4.55. The maximum Gasteiger partial charge on any atom is 0.292 e. The summed E-state index contributed by atoms with van der Waals surface area (Å²) >= 11 is 0.920. The lowest BCUT2D eigenvalue weighted by Gasteiger charge is -2.05. The van der Waals surface area contributed by atoms with Gasteiger partial charge >= 0.3 is 0 Å². The lowest BCUT2D eigenvalue weighted by atomic mass is 10.3. The third-order valence-electron chi connectivity index (χ3n) is 2.95. The Balaban J connectivity index is 2.21. The summed E-state index contributed by atoms with van der Waals surface area (Å²) in [7, 11) is -7.18. The van der Waals surface area contributed by atoms with Crippen molar-refractivity contribution >= 4 is 42.5 Å². The van der Waals surface area contributed by atoms with E-state index in [1.165, 1.54) is 12.3 Å². The van der Waals surface area contributed by atoms with Crippen molar-refractivity contribution in [2.75, 3.05) is 6.26 Å². The largest absolute Gasteiger partial charge is 0.292 e. The quantitative estimate of drug-likeness (QED) is 0.722. The fourth-order valence-corrected chi connectivity index (χ4v) is 6.01. The van der Waals surface area contributed by atoms with Crippen LogP contribution in [0.15, 0.2) is 62.1 Å². The average Bonchev–Trinajstić information content (AvgIpc) is 2.95. The highest BCUT2D eigenvalue weighted by Crippen LogP contribution is 2.24. The summed E-state index contributed by atoms with van der Waals surface area (Å²) in [4.78, 5) is 0.284. The molecule has 0 aliphatic carbocycles. The number of benzene rings is 2. The highest BCUT2D eigenvalue weighted by molar-refractivity contribution is 8.03. The van der Waals surface area contributed by atoms with Crippen LogP contribution < -0.4 is 0 Å². The zero-order chi connectivity index (χ0) is 15.8. The molecule has 0 saturated carbocycles. The third kappa shape index (κ3) is 2.74. The zero-order valence-electron chi connectivity index (χ0n) is 11.4. The topological polar surface area (TPSA) is 89.4 Å². The molecule has 0 amide bonds. The van der Waals surface area contributed by atoms with Crippen molar-refractivity contribution in [3.05, 3.63) is 48.5 Å². The molecule has 0 radical (unpaired) electrons. The Morgan fingerprint density at radius 3 is 2.41 bits per heavy atom. The van der Waals surface area contributed by atoms with Gasteiger partial charge in [-0.15, -0.1) is 3.77 Å². The minimum Gasteiger partial charge on any atom is -0.244 e.